The van der Waals surface area contributed by atoms with Gasteiger partial charge in [-0.05, 0) is 6.92 Å². The number of aliphatic carboxylic acids is 1. The van der Waals surface area contributed by atoms with Crippen LogP contribution in [0.5, 0.6) is 0 Å². The van der Waals surface area contributed by atoms with E-state index in [2.05, 4.69) is 15.4 Å². The Bertz CT molecular complexity index is 586. The summed E-state index contributed by atoms with van der Waals surface area (Å²) in [6.45, 7) is 1.30. The Morgan fingerprint density at radius 2 is 1.61 bits per heavy atom. The van der Waals surface area contributed by atoms with E-state index in [4.69, 9.17) is 21.3 Å². The minimum Gasteiger partial charge on any atom is -0.480 e. The molecule has 1 unspecified atom stereocenters. The molecule has 0 saturated carbocycles. The predicted octanol–water partition coefficient (Wildman–Crippen LogP) is -3.86. The van der Waals surface area contributed by atoms with E-state index in [0.29, 0.717) is 0 Å². The molecule has 28 heavy (non-hydrogen) atoms. The maximum atomic E-state index is 12.1. The van der Waals surface area contributed by atoms with Gasteiger partial charge in [0, 0.05) is 14.2 Å². The van der Waals surface area contributed by atoms with E-state index in [1.54, 1.807) is 0 Å². The second-order valence-electron chi connectivity index (χ2n) is 5.64. The quantitative estimate of drug-likeness (QED) is 0.166. The smallest absolute Gasteiger partial charge is 0.328 e. The van der Waals surface area contributed by atoms with Crippen molar-refractivity contribution in [2.75, 3.05) is 20.8 Å². The molecule has 0 radical (unpaired) electrons. The molecule has 0 aromatic rings. The van der Waals surface area contributed by atoms with Crippen molar-refractivity contribution in [2.45, 2.75) is 37.6 Å². The third-order valence-electron chi connectivity index (χ3n) is 3.41. The molecule has 0 aliphatic carbocycles. The van der Waals surface area contributed by atoms with E-state index in [-0.39, 0.29) is 6.61 Å². The normalized spacial score (nSPS) is 14.7. The summed E-state index contributed by atoms with van der Waals surface area (Å²) >= 11 is 0. The number of methoxy groups -OCH3 is 2. The highest BCUT2D eigenvalue weighted by Crippen LogP contribution is 1.99. The van der Waals surface area contributed by atoms with Crippen LogP contribution in [0.4, 0.5) is 4.79 Å². The summed E-state index contributed by atoms with van der Waals surface area (Å²) in [5.74, 6) is -4.07. The van der Waals surface area contributed by atoms with E-state index < -0.39 is 60.4 Å². The number of urea groups is 1. The molecule has 5 amide bonds. The van der Waals surface area contributed by atoms with Crippen LogP contribution in [0, 0.1) is 0 Å². The van der Waals surface area contributed by atoms with Crippen molar-refractivity contribution in [3.63, 3.8) is 0 Å². The molecule has 9 N–H and O–H groups in total. The Balaban J connectivity index is 4.94. The number of carboxylic acid groups (broad SMARTS) is 1. The number of hydrogen-bond acceptors (Lipinski definition) is 8. The van der Waals surface area contributed by atoms with E-state index in [0.717, 1.165) is 0 Å². The molecule has 14 heteroatoms. The zero-order valence-corrected chi connectivity index (χ0v) is 15.7. The van der Waals surface area contributed by atoms with Crippen molar-refractivity contribution >= 4 is 29.7 Å². The van der Waals surface area contributed by atoms with Crippen LogP contribution < -0.4 is 33.0 Å². The molecule has 0 heterocycles. The molecule has 0 spiro atoms. The number of carboxylic acids is 1. The highest BCUT2D eigenvalue weighted by molar-refractivity contribution is 5.93. The fraction of sp³-hybridized carbons (Fsp3) is 0.643. The molecular weight excluding hydrogens is 380 g/mol. The zero-order chi connectivity index (χ0) is 21.9. The van der Waals surface area contributed by atoms with E-state index >= 15 is 0 Å². The van der Waals surface area contributed by atoms with Crippen LogP contribution in [-0.4, -0.2) is 79.9 Å². The van der Waals surface area contributed by atoms with E-state index in [9.17, 15) is 24.0 Å². The molecule has 0 saturated heterocycles. The topological polar surface area (TPSA) is 224 Å². The van der Waals surface area contributed by atoms with Crippen molar-refractivity contribution in [2.24, 2.45) is 11.5 Å². The Morgan fingerprint density at radius 3 is 2.07 bits per heavy atom. The Morgan fingerprint density at radius 1 is 1.04 bits per heavy atom. The summed E-state index contributed by atoms with van der Waals surface area (Å²) in [4.78, 5) is 58.1. The van der Waals surface area contributed by atoms with Gasteiger partial charge in [0.05, 0.1) is 19.1 Å². The molecule has 0 aliphatic heterocycles. The highest BCUT2D eigenvalue weighted by atomic mass is 16.5. The molecular formula is C14H26N6O8. The molecule has 0 aromatic heterocycles. The van der Waals surface area contributed by atoms with E-state index in [1.165, 1.54) is 21.1 Å². The third kappa shape index (κ3) is 9.11. The van der Waals surface area contributed by atoms with Gasteiger partial charge in [-0.25, -0.2) is 9.59 Å². The van der Waals surface area contributed by atoms with Crippen molar-refractivity contribution in [1.82, 2.24) is 21.5 Å². The lowest BCUT2D eigenvalue weighted by Gasteiger charge is -2.23. The Kier molecular flexibility index (Phi) is 11.1. The summed E-state index contributed by atoms with van der Waals surface area (Å²) in [6.07, 6.45) is -1.50. The first kappa shape index (κ1) is 25.0. The van der Waals surface area contributed by atoms with Gasteiger partial charge in [0.2, 0.25) is 5.91 Å². The SMILES string of the molecule is COC[C@H](N)C(=O)NNC(=O)[C@H](CC(N)=O)NC(=O)N[C@H](C(=O)O)C(C)OC. The van der Waals surface area contributed by atoms with Crippen LogP contribution in [0.15, 0.2) is 0 Å². The average Bonchev–Trinajstić information content (AvgIpc) is 2.62. The number of amides is 5. The molecule has 160 valence electrons. The van der Waals surface area contributed by atoms with Crippen LogP contribution in [-0.2, 0) is 28.7 Å². The summed E-state index contributed by atoms with van der Waals surface area (Å²) in [5, 5.41) is 13.3. The first-order valence-corrected chi connectivity index (χ1v) is 7.98. The number of primary amides is 1. The highest BCUT2D eigenvalue weighted by Gasteiger charge is 2.29. The third-order valence-corrected chi connectivity index (χ3v) is 3.41. The van der Waals surface area contributed by atoms with Gasteiger partial charge in [-0.15, -0.1) is 0 Å². The lowest BCUT2D eigenvalue weighted by molar-refractivity contribution is -0.142. The number of rotatable bonds is 11. The molecule has 0 bridgehead atoms. The second kappa shape index (κ2) is 12.4. The van der Waals surface area contributed by atoms with E-state index in [1.807, 2.05) is 10.9 Å². The number of nitrogens with two attached hydrogens (primary N) is 2. The van der Waals surface area contributed by atoms with Gasteiger partial charge in [-0.2, -0.15) is 0 Å². The lowest BCUT2D eigenvalue weighted by Crippen LogP contribution is -2.59. The molecule has 0 fully saturated rings. The number of carbonyl (C=O) groups is 5. The van der Waals surface area contributed by atoms with Crippen molar-refractivity contribution < 1.29 is 38.6 Å². The summed E-state index contributed by atoms with van der Waals surface area (Å²) in [5.41, 5.74) is 14.5. The fourth-order valence-electron chi connectivity index (χ4n) is 1.83. The first-order valence-electron chi connectivity index (χ1n) is 7.98. The number of hydrazine groups is 1. The lowest BCUT2D eigenvalue weighted by atomic mass is 10.1. The molecule has 4 atom stereocenters. The maximum absolute atomic E-state index is 12.1. The van der Waals surface area contributed by atoms with Crippen LogP contribution in [0.3, 0.4) is 0 Å². The molecule has 0 aromatic carbocycles. The van der Waals surface area contributed by atoms with Crippen LogP contribution in [0.25, 0.3) is 0 Å². The monoisotopic (exact) mass is 406 g/mol. The van der Waals surface area contributed by atoms with Crippen LogP contribution in [0.1, 0.15) is 13.3 Å². The van der Waals surface area contributed by atoms with Gasteiger partial charge >= 0.3 is 12.0 Å². The van der Waals surface area contributed by atoms with Crippen LogP contribution in [0.2, 0.25) is 0 Å². The average molecular weight is 406 g/mol. The van der Waals surface area contributed by atoms with Gasteiger partial charge in [-0.1, -0.05) is 0 Å². The molecule has 0 aliphatic rings. The number of ether oxygens (including phenoxy) is 2. The standard InChI is InChI=1S/C14H26N6O8/c1-6(28-3)10(13(24)25)18-14(26)17-8(4-9(16)21)12(23)20-19-11(22)7(15)5-27-2/h6-8,10H,4-5,15H2,1-3H3,(H2,16,21)(H,19,22)(H,20,23)(H,24,25)(H2,17,18,26)/t6?,7-,8-,10-/m0/s1. The Hall–Kier alpha value is -2.97. The summed E-state index contributed by atoms with van der Waals surface area (Å²) in [6, 6.07) is -5.05. The number of hydrogen-bond donors (Lipinski definition) is 7. The molecule has 14 nitrogen and oxygen atoms in total. The van der Waals surface area contributed by atoms with Crippen molar-refractivity contribution in [3.8, 4) is 0 Å². The minimum absolute atomic E-state index is 0.110. The summed E-state index contributed by atoms with van der Waals surface area (Å²) in [7, 11) is 2.58. The first-order chi connectivity index (χ1) is 13.0. The van der Waals surface area contributed by atoms with Crippen molar-refractivity contribution in [3.05, 3.63) is 0 Å². The number of nitrogens with one attached hydrogen (secondary N) is 4. The minimum atomic E-state index is -1.50. The zero-order valence-electron chi connectivity index (χ0n) is 15.7. The Labute approximate surface area is 160 Å². The van der Waals surface area contributed by atoms with Gasteiger partial charge in [0.15, 0.2) is 6.04 Å². The second-order valence-corrected chi connectivity index (χ2v) is 5.64. The fourth-order valence-corrected chi connectivity index (χ4v) is 1.83. The van der Waals surface area contributed by atoms with Gasteiger partial charge in [0.1, 0.15) is 12.1 Å². The largest absolute Gasteiger partial charge is 0.480 e. The van der Waals surface area contributed by atoms with Gasteiger partial charge in [0.25, 0.3) is 11.8 Å². The maximum Gasteiger partial charge on any atom is 0.328 e. The van der Waals surface area contributed by atoms with Gasteiger partial charge < -0.3 is 36.7 Å². The molecule has 0 rings (SSSR count). The number of carbonyl (C=O) groups excluding carboxylic acids is 4. The van der Waals surface area contributed by atoms with Crippen LogP contribution >= 0.6 is 0 Å². The van der Waals surface area contributed by atoms with Crippen molar-refractivity contribution in [1.29, 1.82) is 0 Å². The predicted molar refractivity (Wildman–Crippen MR) is 93.3 cm³/mol. The summed E-state index contributed by atoms with van der Waals surface area (Å²) < 4.78 is 9.54. The van der Waals surface area contributed by atoms with Gasteiger partial charge in [-0.3, -0.25) is 25.2 Å².